The lowest BCUT2D eigenvalue weighted by Crippen LogP contribution is -2.14. The number of aromatic nitrogens is 1. The Morgan fingerprint density at radius 1 is 1.30 bits per heavy atom. The standard InChI is InChI=1S/C13H13N3O2S2/c1-9(17)15-10-4-2-3-5-11(10)20-8-12(18)16-13-14-6-7-19-13/h2-7H,8H2,1H3,(H,15,17)(H,14,16,18). The number of thioether (sulfide) groups is 1. The van der Waals surface area contributed by atoms with Crippen LogP contribution in [0.1, 0.15) is 6.92 Å². The van der Waals surface area contributed by atoms with E-state index >= 15 is 0 Å². The molecule has 0 aliphatic rings. The van der Waals surface area contributed by atoms with E-state index in [0.29, 0.717) is 10.8 Å². The van der Waals surface area contributed by atoms with Crippen molar-refractivity contribution in [2.75, 3.05) is 16.4 Å². The van der Waals surface area contributed by atoms with Gasteiger partial charge in [0.15, 0.2) is 5.13 Å². The Morgan fingerprint density at radius 2 is 2.10 bits per heavy atom. The van der Waals surface area contributed by atoms with E-state index in [0.717, 1.165) is 4.90 Å². The molecule has 2 amide bonds. The molecule has 1 aromatic carbocycles. The average Bonchev–Trinajstić information content (AvgIpc) is 2.90. The van der Waals surface area contributed by atoms with Crippen molar-refractivity contribution < 1.29 is 9.59 Å². The molecule has 2 rings (SSSR count). The quantitative estimate of drug-likeness (QED) is 0.833. The van der Waals surface area contributed by atoms with Crippen molar-refractivity contribution >= 4 is 45.7 Å². The van der Waals surface area contributed by atoms with Crippen molar-refractivity contribution in [2.24, 2.45) is 0 Å². The summed E-state index contributed by atoms with van der Waals surface area (Å²) in [6.07, 6.45) is 1.64. The number of anilines is 2. The van der Waals surface area contributed by atoms with Crippen molar-refractivity contribution in [1.29, 1.82) is 0 Å². The summed E-state index contributed by atoms with van der Waals surface area (Å²) in [7, 11) is 0. The normalized spacial score (nSPS) is 10.1. The third-order valence-corrected chi connectivity index (χ3v) is 4.00. The van der Waals surface area contributed by atoms with Crippen LogP contribution in [0.3, 0.4) is 0 Å². The number of para-hydroxylation sites is 1. The van der Waals surface area contributed by atoms with Crippen LogP contribution in [0.15, 0.2) is 40.7 Å². The van der Waals surface area contributed by atoms with Gasteiger partial charge >= 0.3 is 0 Å². The van der Waals surface area contributed by atoms with Gasteiger partial charge in [-0.05, 0) is 12.1 Å². The maximum absolute atomic E-state index is 11.8. The molecule has 1 heterocycles. The number of hydrogen-bond acceptors (Lipinski definition) is 5. The monoisotopic (exact) mass is 307 g/mol. The summed E-state index contributed by atoms with van der Waals surface area (Å²) in [6.45, 7) is 1.45. The Bertz CT molecular complexity index is 599. The van der Waals surface area contributed by atoms with Crippen LogP contribution in [-0.4, -0.2) is 22.6 Å². The van der Waals surface area contributed by atoms with E-state index in [1.54, 1.807) is 11.6 Å². The van der Waals surface area contributed by atoms with Gasteiger partial charge in [-0.1, -0.05) is 12.1 Å². The number of hydrogen-bond donors (Lipinski definition) is 2. The molecule has 0 aliphatic carbocycles. The molecule has 0 saturated carbocycles. The molecule has 0 saturated heterocycles. The van der Waals surface area contributed by atoms with Crippen molar-refractivity contribution in [3.63, 3.8) is 0 Å². The van der Waals surface area contributed by atoms with Gasteiger partial charge in [0.05, 0.1) is 11.4 Å². The fourth-order valence-corrected chi connectivity index (χ4v) is 2.82. The molecule has 0 atom stereocenters. The Balaban J connectivity index is 1.93. The highest BCUT2D eigenvalue weighted by atomic mass is 32.2. The second-order valence-corrected chi connectivity index (χ2v) is 5.76. The van der Waals surface area contributed by atoms with Crippen LogP contribution >= 0.6 is 23.1 Å². The molecule has 20 heavy (non-hydrogen) atoms. The van der Waals surface area contributed by atoms with Gasteiger partial charge in [0.1, 0.15) is 0 Å². The highest BCUT2D eigenvalue weighted by molar-refractivity contribution is 8.00. The first-order chi connectivity index (χ1) is 9.65. The fraction of sp³-hybridized carbons (Fsp3) is 0.154. The number of nitrogens with one attached hydrogen (secondary N) is 2. The van der Waals surface area contributed by atoms with Crippen LogP contribution in [0.25, 0.3) is 0 Å². The van der Waals surface area contributed by atoms with Crippen molar-refractivity contribution in [2.45, 2.75) is 11.8 Å². The summed E-state index contributed by atoms with van der Waals surface area (Å²) in [5, 5.41) is 7.84. The topological polar surface area (TPSA) is 71.1 Å². The van der Waals surface area contributed by atoms with E-state index in [1.807, 2.05) is 24.3 Å². The van der Waals surface area contributed by atoms with Crippen molar-refractivity contribution in [3.8, 4) is 0 Å². The van der Waals surface area contributed by atoms with Gasteiger partial charge in [-0.25, -0.2) is 4.98 Å². The Kier molecular flexibility index (Phi) is 5.14. The number of nitrogens with zero attached hydrogens (tertiary/aromatic N) is 1. The first kappa shape index (κ1) is 14.5. The SMILES string of the molecule is CC(=O)Nc1ccccc1SCC(=O)Nc1nccs1. The fourth-order valence-electron chi connectivity index (χ4n) is 1.47. The third kappa shape index (κ3) is 4.36. The first-order valence-electron chi connectivity index (χ1n) is 5.84. The molecular formula is C13H13N3O2S2. The molecule has 0 unspecified atom stereocenters. The second kappa shape index (κ2) is 7.06. The smallest absolute Gasteiger partial charge is 0.236 e. The molecule has 104 valence electrons. The Morgan fingerprint density at radius 3 is 2.80 bits per heavy atom. The van der Waals surface area contributed by atoms with Crippen LogP contribution in [-0.2, 0) is 9.59 Å². The molecule has 2 aromatic rings. The number of carbonyl (C=O) groups is 2. The molecule has 1 aromatic heterocycles. The van der Waals surface area contributed by atoms with Crippen LogP contribution in [0, 0.1) is 0 Å². The van der Waals surface area contributed by atoms with E-state index < -0.39 is 0 Å². The van der Waals surface area contributed by atoms with Gasteiger partial charge in [-0.15, -0.1) is 23.1 Å². The number of amides is 2. The summed E-state index contributed by atoms with van der Waals surface area (Å²) in [6, 6.07) is 7.38. The molecule has 7 heteroatoms. The maximum atomic E-state index is 11.8. The molecule has 0 radical (unpaired) electrons. The van der Waals surface area contributed by atoms with Crippen LogP contribution in [0.5, 0.6) is 0 Å². The molecule has 0 bridgehead atoms. The summed E-state index contributed by atoms with van der Waals surface area (Å²) in [5.41, 5.74) is 0.715. The zero-order valence-electron chi connectivity index (χ0n) is 10.8. The summed E-state index contributed by atoms with van der Waals surface area (Å²) >= 11 is 2.74. The third-order valence-electron chi connectivity index (χ3n) is 2.24. The Hall–Kier alpha value is -1.86. The lowest BCUT2D eigenvalue weighted by molar-refractivity contribution is -0.114. The lowest BCUT2D eigenvalue weighted by atomic mass is 10.3. The van der Waals surface area contributed by atoms with E-state index in [2.05, 4.69) is 15.6 Å². The molecule has 0 spiro atoms. The number of carbonyl (C=O) groups excluding carboxylic acids is 2. The minimum absolute atomic E-state index is 0.123. The predicted molar refractivity (Wildman–Crippen MR) is 82.2 cm³/mol. The summed E-state index contributed by atoms with van der Waals surface area (Å²) in [5.74, 6) is 0.00349. The minimum atomic E-state index is -0.134. The lowest BCUT2D eigenvalue weighted by Gasteiger charge is -2.08. The van der Waals surface area contributed by atoms with E-state index in [4.69, 9.17) is 0 Å². The van der Waals surface area contributed by atoms with Gasteiger partial charge in [0.2, 0.25) is 11.8 Å². The summed E-state index contributed by atoms with van der Waals surface area (Å²) < 4.78 is 0. The molecule has 0 aliphatic heterocycles. The molecular weight excluding hydrogens is 294 g/mol. The van der Waals surface area contributed by atoms with Crippen LogP contribution in [0.4, 0.5) is 10.8 Å². The van der Waals surface area contributed by atoms with Gasteiger partial charge in [0.25, 0.3) is 0 Å². The van der Waals surface area contributed by atoms with E-state index in [9.17, 15) is 9.59 Å². The zero-order chi connectivity index (χ0) is 14.4. The Labute approximate surface area is 124 Å². The first-order valence-corrected chi connectivity index (χ1v) is 7.70. The number of benzene rings is 1. The van der Waals surface area contributed by atoms with Crippen LogP contribution in [0.2, 0.25) is 0 Å². The summed E-state index contributed by atoms with van der Waals surface area (Å²) in [4.78, 5) is 27.7. The van der Waals surface area contributed by atoms with Gasteiger partial charge in [-0.2, -0.15) is 0 Å². The van der Waals surface area contributed by atoms with Gasteiger partial charge in [-0.3, -0.25) is 9.59 Å². The maximum Gasteiger partial charge on any atom is 0.236 e. The predicted octanol–water partition coefficient (Wildman–Crippen LogP) is 2.83. The van der Waals surface area contributed by atoms with E-state index in [1.165, 1.54) is 30.0 Å². The largest absolute Gasteiger partial charge is 0.325 e. The second-order valence-electron chi connectivity index (χ2n) is 3.85. The molecule has 2 N–H and O–H groups in total. The van der Waals surface area contributed by atoms with E-state index in [-0.39, 0.29) is 17.6 Å². The van der Waals surface area contributed by atoms with Gasteiger partial charge < -0.3 is 10.6 Å². The number of rotatable bonds is 5. The highest BCUT2D eigenvalue weighted by Crippen LogP contribution is 2.27. The molecule has 0 fully saturated rings. The van der Waals surface area contributed by atoms with Crippen molar-refractivity contribution in [3.05, 3.63) is 35.8 Å². The zero-order valence-corrected chi connectivity index (χ0v) is 12.4. The van der Waals surface area contributed by atoms with Gasteiger partial charge in [0, 0.05) is 23.4 Å². The van der Waals surface area contributed by atoms with Crippen LogP contribution < -0.4 is 10.6 Å². The molecule has 5 nitrogen and oxygen atoms in total. The average molecular weight is 307 g/mol. The number of thiazole rings is 1. The highest BCUT2D eigenvalue weighted by Gasteiger charge is 2.08. The van der Waals surface area contributed by atoms with Crippen molar-refractivity contribution in [1.82, 2.24) is 4.98 Å². The minimum Gasteiger partial charge on any atom is -0.325 e.